The van der Waals surface area contributed by atoms with Gasteiger partial charge in [0.05, 0.1) is 5.03 Å². The number of hydrogen-bond acceptors (Lipinski definition) is 0. The van der Waals surface area contributed by atoms with E-state index >= 15 is 0 Å². The molecule has 10 heavy (non-hydrogen) atoms. The van der Waals surface area contributed by atoms with Crippen molar-refractivity contribution in [2.45, 2.75) is 13.8 Å². The highest BCUT2D eigenvalue weighted by molar-refractivity contribution is 6.31. The van der Waals surface area contributed by atoms with E-state index in [0.717, 1.165) is 11.1 Å². The first kappa shape index (κ1) is 7.40. The first-order valence-corrected chi connectivity index (χ1v) is 3.56. The number of hydrogen-bond donors (Lipinski definition) is 0. The fourth-order valence-corrected chi connectivity index (χ4v) is 0.935. The van der Waals surface area contributed by atoms with Gasteiger partial charge in [0, 0.05) is 0 Å². The average molecular weight is 153 g/mol. The topological polar surface area (TPSA) is 0 Å². The molecule has 0 N–H and O–H groups in total. The standard InChI is InChI=1S/C9H9Cl/c1-7-4-3-5-8(2)9(10)6-7/h3-5H,1-2H3. The van der Waals surface area contributed by atoms with Crippen molar-refractivity contribution >= 4 is 11.6 Å². The van der Waals surface area contributed by atoms with Gasteiger partial charge in [-0.3, -0.25) is 0 Å². The van der Waals surface area contributed by atoms with Crippen LogP contribution in [0.2, 0.25) is 0 Å². The fourth-order valence-electron chi connectivity index (χ4n) is 0.723. The van der Waals surface area contributed by atoms with Gasteiger partial charge in [0.1, 0.15) is 0 Å². The molecule has 0 heterocycles. The van der Waals surface area contributed by atoms with Gasteiger partial charge in [-0.25, -0.2) is 0 Å². The van der Waals surface area contributed by atoms with Crippen LogP contribution in [0.1, 0.15) is 13.8 Å². The molecule has 0 aliphatic heterocycles. The van der Waals surface area contributed by atoms with Gasteiger partial charge in [-0.1, -0.05) is 35.6 Å². The smallest absolute Gasteiger partial charge is 0.0856 e. The van der Waals surface area contributed by atoms with Crippen molar-refractivity contribution in [3.63, 3.8) is 0 Å². The molecule has 0 saturated carbocycles. The van der Waals surface area contributed by atoms with Gasteiger partial charge in [0.2, 0.25) is 0 Å². The average Bonchev–Trinajstić information content (AvgIpc) is 1.96. The van der Waals surface area contributed by atoms with Crippen LogP contribution in [0.4, 0.5) is 0 Å². The Bertz CT molecular complexity index is 260. The molecule has 1 heteroatoms. The van der Waals surface area contributed by atoms with E-state index in [9.17, 15) is 0 Å². The van der Waals surface area contributed by atoms with E-state index < -0.39 is 0 Å². The van der Waals surface area contributed by atoms with E-state index in [1.54, 1.807) is 0 Å². The van der Waals surface area contributed by atoms with Crippen molar-refractivity contribution in [2.75, 3.05) is 0 Å². The molecule has 0 spiro atoms. The highest BCUT2D eigenvalue weighted by Crippen LogP contribution is 2.15. The normalized spacial score (nSPS) is 17.3. The summed E-state index contributed by atoms with van der Waals surface area (Å²) in [4.78, 5) is 0. The quantitative estimate of drug-likeness (QED) is 0.468. The summed E-state index contributed by atoms with van der Waals surface area (Å²) >= 11 is 5.84. The lowest BCUT2D eigenvalue weighted by molar-refractivity contribution is 1.50. The minimum absolute atomic E-state index is 0.711. The molecule has 0 saturated heterocycles. The lowest BCUT2D eigenvalue weighted by Gasteiger charge is -1.89. The molecule has 0 aromatic rings. The van der Waals surface area contributed by atoms with Gasteiger partial charge in [0.25, 0.3) is 0 Å². The Morgan fingerprint density at radius 1 is 1.40 bits per heavy atom. The van der Waals surface area contributed by atoms with E-state index in [4.69, 9.17) is 11.6 Å². The molecule has 0 unspecified atom stereocenters. The SMILES string of the molecule is CC1=C=C(Cl)C(C)=CC=C1. The van der Waals surface area contributed by atoms with Gasteiger partial charge in [-0.2, -0.15) is 0 Å². The minimum Gasteiger partial charge on any atom is -0.0971 e. The molecular weight excluding hydrogens is 144 g/mol. The summed E-state index contributed by atoms with van der Waals surface area (Å²) in [7, 11) is 0. The zero-order valence-electron chi connectivity index (χ0n) is 6.11. The van der Waals surface area contributed by atoms with Gasteiger partial charge >= 0.3 is 0 Å². The van der Waals surface area contributed by atoms with Crippen molar-refractivity contribution in [3.05, 3.63) is 40.1 Å². The zero-order valence-corrected chi connectivity index (χ0v) is 6.87. The van der Waals surface area contributed by atoms with Crippen molar-refractivity contribution in [1.82, 2.24) is 0 Å². The Morgan fingerprint density at radius 3 is 2.80 bits per heavy atom. The predicted molar refractivity (Wildman–Crippen MR) is 45.0 cm³/mol. The number of halogens is 1. The molecular formula is C9H9Cl. The molecule has 0 aromatic carbocycles. The summed E-state index contributed by atoms with van der Waals surface area (Å²) in [5.41, 5.74) is 5.17. The highest BCUT2D eigenvalue weighted by atomic mass is 35.5. The van der Waals surface area contributed by atoms with E-state index in [2.05, 4.69) is 5.73 Å². The summed E-state index contributed by atoms with van der Waals surface area (Å²) in [6.07, 6.45) is 5.94. The third kappa shape index (κ3) is 1.63. The molecule has 1 aliphatic carbocycles. The monoisotopic (exact) mass is 152 g/mol. The first-order chi connectivity index (χ1) is 4.70. The second-order valence-corrected chi connectivity index (χ2v) is 2.71. The van der Waals surface area contributed by atoms with Crippen LogP contribution in [0.25, 0.3) is 0 Å². The Balaban J connectivity index is 3.17. The fraction of sp³-hybridized carbons (Fsp3) is 0.222. The van der Waals surface area contributed by atoms with E-state index in [0.29, 0.717) is 5.03 Å². The van der Waals surface area contributed by atoms with Gasteiger partial charge in [-0.15, -0.1) is 0 Å². The first-order valence-electron chi connectivity index (χ1n) is 3.18. The molecule has 0 nitrogen and oxygen atoms in total. The van der Waals surface area contributed by atoms with Gasteiger partial charge < -0.3 is 0 Å². The van der Waals surface area contributed by atoms with Crippen molar-refractivity contribution in [1.29, 1.82) is 0 Å². The summed E-state index contributed by atoms with van der Waals surface area (Å²) in [6.45, 7) is 3.95. The summed E-state index contributed by atoms with van der Waals surface area (Å²) in [5, 5.41) is 0.711. The molecule has 0 atom stereocenters. The van der Waals surface area contributed by atoms with Crippen LogP contribution in [0.15, 0.2) is 40.1 Å². The maximum atomic E-state index is 5.84. The van der Waals surface area contributed by atoms with Crippen LogP contribution in [0.3, 0.4) is 0 Å². The maximum Gasteiger partial charge on any atom is 0.0856 e. The zero-order chi connectivity index (χ0) is 7.56. The summed E-state index contributed by atoms with van der Waals surface area (Å²) in [6, 6.07) is 0. The van der Waals surface area contributed by atoms with E-state index in [1.807, 2.05) is 32.1 Å². The van der Waals surface area contributed by atoms with Gasteiger partial charge in [-0.05, 0) is 25.0 Å². The molecule has 0 radical (unpaired) electrons. The molecule has 0 amide bonds. The Morgan fingerprint density at radius 2 is 2.10 bits per heavy atom. The molecule has 1 aliphatic rings. The Kier molecular flexibility index (Phi) is 2.16. The minimum atomic E-state index is 0.711. The Labute approximate surface area is 66.2 Å². The lowest BCUT2D eigenvalue weighted by Crippen LogP contribution is -1.69. The molecule has 0 aromatic heterocycles. The molecule has 1 rings (SSSR count). The second-order valence-electron chi connectivity index (χ2n) is 2.33. The molecule has 52 valence electrons. The number of allylic oxidation sites excluding steroid dienone is 5. The molecule has 0 fully saturated rings. The van der Waals surface area contributed by atoms with Crippen LogP contribution in [0.5, 0.6) is 0 Å². The van der Waals surface area contributed by atoms with E-state index in [1.165, 1.54) is 0 Å². The third-order valence-corrected chi connectivity index (χ3v) is 1.74. The van der Waals surface area contributed by atoms with Crippen molar-refractivity contribution < 1.29 is 0 Å². The number of rotatable bonds is 0. The molecule has 0 bridgehead atoms. The highest BCUT2D eigenvalue weighted by Gasteiger charge is 1.94. The van der Waals surface area contributed by atoms with Crippen LogP contribution in [0, 0.1) is 0 Å². The maximum absolute atomic E-state index is 5.84. The van der Waals surface area contributed by atoms with Crippen molar-refractivity contribution in [2.24, 2.45) is 0 Å². The Hall–Kier alpha value is -0.710. The lowest BCUT2D eigenvalue weighted by atomic mass is 10.3. The summed E-state index contributed by atoms with van der Waals surface area (Å²) in [5.74, 6) is 0. The van der Waals surface area contributed by atoms with Crippen molar-refractivity contribution in [3.8, 4) is 0 Å². The summed E-state index contributed by atoms with van der Waals surface area (Å²) < 4.78 is 0. The van der Waals surface area contributed by atoms with E-state index in [-0.39, 0.29) is 0 Å². The van der Waals surface area contributed by atoms with Crippen LogP contribution < -0.4 is 0 Å². The van der Waals surface area contributed by atoms with Gasteiger partial charge in [0.15, 0.2) is 0 Å². The van der Waals surface area contributed by atoms with Crippen LogP contribution >= 0.6 is 11.6 Å². The predicted octanol–water partition coefficient (Wildman–Crippen LogP) is 3.17. The second kappa shape index (κ2) is 2.92. The van der Waals surface area contributed by atoms with Crippen LogP contribution in [-0.2, 0) is 0 Å². The largest absolute Gasteiger partial charge is 0.0971 e. The van der Waals surface area contributed by atoms with Crippen LogP contribution in [-0.4, -0.2) is 0 Å². The third-order valence-electron chi connectivity index (χ3n) is 1.35.